The second kappa shape index (κ2) is 8.99. The SMILES string of the molecule is S=C(NCCCCc1ccccc1)Nc1cc(Cl)cc(Cl)c1. The number of hydrogen-bond acceptors (Lipinski definition) is 1. The molecule has 0 saturated heterocycles. The van der Waals surface area contributed by atoms with Gasteiger partial charge >= 0.3 is 0 Å². The van der Waals surface area contributed by atoms with Crippen LogP contribution in [0.25, 0.3) is 0 Å². The summed E-state index contributed by atoms with van der Waals surface area (Å²) in [5, 5.41) is 8.02. The van der Waals surface area contributed by atoms with Gasteiger partial charge in [-0.15, -0.1) is 0 Å². The molecule has 2 N–H and O–H groups in total. The number of rotatable bonds is 6. The smallest absolute Gasteiger partial charge is 0.170 e. The Morgan fingerprint density at radius 1 is 0.955 bits per heavy atom. The van der Waals surface area contributed by atoms with Gasteiger partial charge in [-0.3, -0.25) is 0 Å². The lowest BCUT2D eigenvalue weighted by Gasteiger charge is -2.11. The molecular weight excluding hydrogens is 335 g/mol. The van der Waals surface area contributed by atoms with Gasteiger partial charge in [0.05, 0.1) is 0 Å². The van der Waals surface area contributed by atoms with E-state index >= 15 is 0 Å². The van der Waals surface area contributed by atoms with Gasteiger partial charge in [0.15, 0.2) is 5.11 Å². The zero-order valence-electron chi connectivity index (χ0n) is 12.1. The summed E-state index contributed by atoms with van der Waals surface area (Å²) >= 11 is 17.2. The Morgan fingerprint density at radius 2 is 1.64 bits per heavy atom. The molecule has 0 fully saturated rings. The van der Waals surface area contributed by atoms with Crippen LogP contribution in [0.1, 0.15) is 18.4 Å². The molecule has 116 valence electrons. The minimum absolute atomic E-state index is 0.582. The highest BCUT2D eigenvalue weighted by Gasteiger charge is 2.01. The van der Waals surface area contributed by atoms with Gasteiger partial charge in [0.25, 0.3) is 0 Å². The van der Waals surface area contributed by atoms with Gasteiger partial charge in [-0.1, -0.05) is 53.5 Å². The highest BCUT2D eigenvalue weighted by atomic mass is 35.5. The minimum Gasteiger partial charge on any atom is -0.362 e. The number of benzene rings is 2. The first kappa shape index (κ1) is 17.1. The maximum Gasteiger partial charge on any atom is 0.170 e. The van der Waals surface area contributed by atoms with Crippen molar-refractivity contribution in [2.45, 2.75) is 19.3 Å². The molecule has 0 bridgehead atoms. The van der Waals surface area contributed by atoms with E-state index in [9.17, 15) is 0 Å². The summed E-state index contributed by atoms with van der Waals surface area (Å²) in [7, 11) is 0. The lowest BCUT2D eigenvalue weighted by Crippen LogP contribution is -2.29. The number of halogens is 2. The lowest BCUT2D eigenvalue weighted by atomic mass is 10.1. The summed E-state index contributed by atoms with van der Waals surface area (Å²) in [5.41, 5.74) is 2.16. The third-order valence-corrected chi connectivity index (χ3v) is 3.82. The van der Waals surface area contributed by atoms with Gasteiger partial charge in [0.2, 0.25) is 0 Å². The molecule has 0 aliphatic heterocycles. The lowest BCUT2D eigenvalue weighted by molar-refractivity contribution is 0.711. The number of anilines is 1. The van der Waals surface area contributed by atoms with Crippen molar-refractivity contribution >= 4 is 46.2 Å². The van der Waals surface area contributed by atoms with E-state index in [1.54, 1.807) is 18.2 Å². The van der Waals surface area contributed by atoms with Crippen LogP contribution in [0.3, 0.4) is 0 Å². The van der Waals surface area contributed by atoms with Crippen molar-refractivity contribution in [2.24, 2.45) is 0 Å². The first-order chi connectivity index (χ1) is 10.6. The fourth-order valence-electron chi connectivity index (χ4n) is 2.10. The van der Waals surface area contributed by atoms with Gasteiger partial charge in [-0.2, -0.15) is 0 Å². The van der Waals surface area contributed by atoms with E-state index in [-0.39, 0.29) is 0 Å². The van der Waals surface area contributed by atoms with Gasteiger partial charge in [0.1, 0.15) is 0 Å². The molecule has 0 aliphatic rings. The van der Waals surface area contributed by atoms with Gasteiger partial charge < -0.3 is 10.6 Å². The van der Waals surface area contributed by atoms with Crippen LogP contribution in [0.15, 0.2) is 48.5 Å². The summed E-state index contributed by atoms with van der Waals surface area (Å²) in [4.78, 5) is 0. The van der Waals surface area contributed by atoms with E-state index in [1.807, 2.05) is 6.07 Å². The van der Waals surface area contributed by atoms with Crippen LogP contribution in [0, 0.1) is 0 Å². The minimum atomic E-state index is 0.582. The Labute approximate surface area is 146 Å². The van der Waals surface area contributed by atoms with E-state index in [0.29, 0.717) is 15.2 Å². The van der Waals surface area contributed by atoms with Crippen LogP contribution in [-0.4, -0.2) is 11.7 Å². The van der Waals surface area contributed by atoms with Crippen molar-refractivity contribution in [3.8, 4) is 0 Å². The topological polar surface area (TPSA) is 24.1 Å². The molecule has 0 spiro atoms. The standard InChI is InChI=1S/C17H18Cl2N2S/c18-14-10-15(19)12-16(11-14)21-17(22)20-9-5-4-8-13-6-2-1-3-7-13/h1-3,6-7,10-12H,4-5,8-9H2,(H2,20,21,22). The quantitative estimate of drug-likeness (QED) is 0.544. The zero-order valence-corrected chi connectivity index (χ0v) is 14.4. The number of nitrogens with one attached hydrogen (secondary N) is 2. The first-order valence-electron chi connectivity index (χ1n) is 7.18. The van der Waals surface area contributed by atoms with Gasteiger partial charge in [0, 0.05) is 22.3 Å². The molecule has 2 aromatic rings. The van der Waals surface area contributed by atoms with Crippen molar-refractivity contribution in [3.05, 3.63) is 64.1 Å². The molecule has 0 aromatic heterocycles. The van der Waals surface area contributed by atoms with Gasteiger partial charge in [-0.05, 0) is 55.2 Å². The second-order valence-electron chi connectivity index (χ2n) is 4.98. The summed E-state index contributed by atoms with van der Waals surface area (Å²) in [6, 6.07) is 15.8. The van der Waals surface area contributed by atoms with Crippen LogP contribution < -0.4 is 10.6 Å². The van der Waals surface area contributed by atoms with Crippen LogP contribution in [-0.2, 0) is 6.42 Å². The summed E-state index contributed by atoms with van der Waals surface area (Å²) in [6.45, 7) is 0.840. The maximum absolute atomic E-state index is 5.95. The molecule has 0 heterocycles. The normalized spacial score (nSPS) is 10.3. The molecule has 5 heteroatoms. The van der Waals surface area contributed by atoms with Crippen molar-refractivity contribution < 1.29 is 0 Å². The number of thiocarbonyl (C=S) groups is 1. The van der Waals surface area contributed by atoms with E-state index < -0.39 is 0 Å². The van der Waals surface area contributed by atoms with E-state index in [1.165, 1.54) is 5.56 Å². The van der Waals surface area contributed by atoms with Crippen molar-refractivity contribution in [1.82, 2.24) is 5.32 Å². The van der Waals surface area contributed by atoms with Crippen LogP contribution in [0.5, 0.6) is 0 Å². The fourth-order valence-corrected chi connectivity index (χ4v) is 2.85. The predicted octanol–water partition coefficient (Wildman–Crippen LogP) is 5.30. The molecule has 2 aromatic carbocycles. The molecule has 0 atom stereocenters. The zero-order chi connectivity index (χ0) is 15.8. The largest absolute Gasteiger partial charge is 0.362 e. The average Bonchev–Trinajstić information content (AvgIpc) is 2.47. The molecule has 0 amide bonds. The monoisotopic (exact) mass is 352 g/mol. The number of hydrogen-bond donors (Lipinski definition) is 2. The Balaban J connectivity index is 1.65. The maximum atomic E-state index is 5.95. The Bertz CT molecular complexity index is 597. The first-order valence-corrected chi connectivity index (χ1v) is 8.35. The Morgan fingerprint density at radius 3 is 2.32 bits per heavy atom. The van der Waals surface area contributed by atoms with Crippen molar-refractivity contribution in [3.63, 3.8) is 0 Å². The Hall–Kier alpha value is -1.29. The molecule has 0 saturated carbocycles. The highest BCUT2D eigenvalue weighted by Crippen LogP contribution is 2.22. The van der Waals surface area contributed by atoms with Crippen molar-refractivity contribution in [1.29, 1.82) is 0 Å². The molecule has 0 radical (unpaired) electrons. The number of aryl methyl sites for hydroxylation is 1. The third kappa shape index (κ3) is 6.22. The molecular formula is C17H18Cl2N2S. The van der Waals surface area contributed by atoms with Crippen molar-refractivity contribution in [2.75, 3.05) is 11.9 Å². The van der Waals surface area contributed by atoms with E-state index in [2.05, 4.69) is 34.9 Å². The van der Waals surface area contributed by atoms with Crippen LogP contribution in [0.4, 0.5) is 5.69 Å². The molecule has 0 unspecified atom stereocenters. The summed E-state index contributed by atoms with van der Waals surface area (Å²) in [5.74, 6) is 0. The second-order valence-corrected chi connectivity index (χ2v) is 6.26. The summed E-state index contributed by atoms with van der Waals surface area (Å²) < 4.78 is 0. The Kier molecular flexibility index (Phi) is 6.97. The van der Waals surface area contributed by atoms with Crippen LogP contribution >= 0.6 is 35.4 Å². The number of unbranched alkanes of at least 4 members (excludes halogenated alkanes) is 1. The molecule has 0 aliphatic carbocycles. The third-order valence-electron chi connectivity index (χ3n) is 3.14. The van der Waals surface area contributed by atoms with Crippen LogP contribution in [0.2, 0.25) is 10.0 Å². The van der Waals surface area contributed by atoms with E-state index in [4.69, 9.17) is 35.4 Å². The predicted molar refractivity (Wildman–Crippen MR) is 100 cm³/mol. The summed E-state index contributed by atoms with van der Waals surface area (Å²) in [6.07, 6.45) is 3.28. The fraction of sp³-hybridized carbons (Fsp3) is 0.235. The average molecular weight is 353 g/mol. The molecule has 22 heavy (non-hydrogen) atoms. The highest BCUT2D eigenvalue weighted by molar-refractivity contribution is 7.80. The van der Waals surface area contributed by atoms with E-state index in [0.717, 1.165) is 31.5 Å². The molecule has 2 nitrogen and oxygen atoms in total. The molecule has 2 rings (SSSR count). The van der Waals surface area contributed by atoms with Gasteiger partial charge in [-0.25, -0.2) is 0 Å².